The molecule has 2 aliphatic heterocycles. The summed E-state index contributed by atoms with van der Waals surface area (Å²) < 4.78 is 11.6. The number of nitrogens with one attached hydrogen (secondary N) is 1. The predicted molar refractivity (Wildman–Crippen MR) is 94.1 cm³/mol. The number of nitrogens with zero attached hydrogens (tertiary/aromatic N) is 1. The van der Waals surface area contributed by atoms with Gasteiger partial charge in [0.1, 0.15) is 5.60 Å². The number of amides is 1. The van der Waals surface area contributed by atoms with Crippen molar-refractivity contribution >= 4 is 6.09 Å². The highest BCUT2D eigenvalue weighted by atomic mass is 16.6. The number of hydrogen-bond acceptors (Lipinski definition) is 4. The molecular formula is C19H34N2O3. The number of ether oxygens (including phenoxy) is 2. The van der Waals surface area contributed by atoms with E-state index in [1.165, 1.54) is 32.1 Å². The minimum Gasteiger partial charge on any atom is -0.444 e. The molecule has 0 aromatic heterocycles. The van der Waals surface area contributed by atoms with Gasteiger partial charge in [-0.1, -0.05) is 12.8 Å². The number of likely N-dealkylation sites (tertiary alicyclic amines) is 1. The SMILES string of the molecule is CC(C)(C)OC(=O)N1CCC(N[C@@H]2CCOC3(CCCC3)C2)CC1. The maximum atomic E-state index is 12.1. The van der Waals surface area contributed by atoms with Gasteiger partial charge in [0.25, 0.3) is 0 Å². The molecule has 0 radical (unpaired) electrons. The fourth-order valence-electron chi connectivity index (χ4n) is 4.43. The summed E-state index contributed by atoms with van der Waals surface area (Å²) in [5, 5.41) is 3.86. The summed E-state index contributed by atoms with van der Waals surface area (Å²) in [4.78, 5) is 14.0. The molecule has 1 spiro atoms. The number of rotatable bonds is 2. The van der Waals surface area contributed by atoms with Gasteiger partial charge in [0.2, 0.25) is 0 Å². The Labute approximate surface area is 146 Å². The number of hydrogen-bond donors (Lipinski definition) is 1. The molecule has 3 fully saturated rings. The molecule has 1 saturated carbocycles. The van der Waals surface area contributed by atoms with Crippen molar-refractivity contribution in [3.8, 4) is 0 Å². The quantitative estimate of drug-likeness (QED) is 0.838. The van der Waals surface area contributed by atoms with Crippen LogP contribution in [0.1, 0.15) is 72.1 Å². The zero-order valence-electron chi connectivity index (χ0n) is 15.6. The molecule has 0 aromatic rings. The van der Waals surface area contributed by atoms with E-state index >= 15 is 0 Å². The number of carbonyl (C=O) groups is 1. The highest BCUT2D eigenvalue weighted by Crippen LogP contribution is 2.40. The molecule has 5 nitrogen and oxygen atoms in total. The van der Waals surface area contributed by atoms with E-state index in [9.17, 15) is 4.79 Å². The number of piperidine rings is 1. The lowest BCUT2D eigenvalue weighted by Gasteiger charge is -2.41. The van der Waals surface area contributed by atoms with Crippen molar-refractivity contribution in [1.29, 1.82) is 0 Å². The average molecular weight is 338 g/mol. The third kappa shape index (κ3) is 4.63. The van der Waals surface area contributed by atoms with E-state index < -0.39 is 5.60 Å². The van der Waals surface area contributed by atoms with Crippen molar-refractivity contribution in [2.45, 2.75) is 95.4 Å². The van der Waals surface area contributed by atoms with Gasteiger partial charge >= 0.3 is 6.09 Å². The van der Waals surface area contributed by atoms with E-state index in [-0.39, 0.29) is 11.7 Å². The van der Waals surface area contributed by atoms with Gasteiger partial charge in [0, 0.05) is 31.8 Å². The fraction of sp³-hybridized carbons (Fsp3) is 0.947. The maximum absolute atomic E-state index is 12.1. The van der Waals surface area contributed by atoms with Crippen LogP contribution in [0.25, 0.3) is 0 Å². The van der Waals surface area contributed by atoms with E-state index in [0.717, 1.165) is 39.0 Å². The molecule has 1 aliphatic carbocycles. The average Bonchev–Trinajstić information content (AvgIpc) is 2.94. The minimum absolute atomic E-state index is 0.170. The first-order valence-corrected chi connectivity index (χ1v) is 9.73. The Balaban J connectivity index is 1.43. The van der Waals surface area contributed by atoms with Crippen LogP contribution >= 0.6 is 0 Å². The standard InChI is InChI=1S/C19H34N2O3/c1-18(2,3)24-17(22)21-11-6-15(7-12-21)20-16-8-13-23-19(14-16)9-4-5-10-19/h15-16,20H,4-14H2,1-3H3/t16-/m1/s1. The molecule has 0 aromatic carbocycles. The van der Waals surface area contributed by atoms with Crippen LogP contribution in [-0.2, 0) is 9.47 Å². The summed E-state index contributed by atoms with van der Waals surface area (Å²) in [6, 6.07) is 1.10. The van der Waals surface area contributed by atoms with Crippen molar-refractivity contribution in [3.63, 3.8) is 0 Å². The van der Waals surface area contributed by atoms with Crippen molar-refractivity contribution in [2.24, 2.45) is 0 Å². The Bertz CT molecular complexity index is 432. The largest absolute Gasteiger partial charge is 0.444 e. The van der Waals surface area contributed by atoms with Gasteiger partial charge in [0.15, 0.2) is 0 Å². The molecule has 1 N–H and O–H groups in total. The lowest BCUT2D eigenvalue weighted by Crippen LogP contribution is -2.52. The second kappa shape index (κ2) is 7.20. The Morgan fingerprint density at radius 3 is 2.42 bits per heavy atom. The van der Waals surface area contributed by atoms with Crippen molar-refractivity contribution < 1.29 is 14.3 Å². The first-order chi connectivity index (χ1) is 11.4. The molecule has 1 amide bonds. The summed E-state index contributed by atoms with van der Waals surface area (Å²) in [6.07, 6.45) is 9.27. The minimum atomic E-state index is -0.413. The van der Waals surface area contributed by atoms with Crippen LogP contribution in [0.3, 0.4) is 0 Å². The molecule has 24 heavy (non-hydrogen) atoms. The molecule has 0 unspecified atom stereocenters. The molecule has 3 rings (SSSR count). The van der Waals surface area contributed by atoms with E-state index in [2.05, 4.69) is 5.32 Å². The van der Waals surface area contributed by atoms with Crippen molar-refractivity contribution in [1.82, 2.24) is 10.2 Å². The smallest absolute Gasteiger partial charge is 0.410 e. The topological polar surface area (TPSA) is 50.8 Å². The Morgan fingerprint density at radius 1 is 1.12 bits per heavy atom. The third-order valence-electron chi connectivity index (χ3n) is 5.63. The van der Waals surface area contributed by atoms with Gasteiger partial charge in [-0.05, 0) is 59.3 Å². The van der Waals surface area contributed by atoms with Crippen molar-refractivity contribution in [2.75, 3.05) is 19.7 Å². The van der Waals surface area contributed by atoms with Gasteiger partial charge in [-0.25, -0.2) is 4.79 Å². The second-order valence-electron chi connectivity index (χ2n) is 8.84. The van der Waals surface area contributed by atoms with Gasteiger partial charge in [0.05, 0.1) is 5.60 Å². The Morgan fingerprint density at radius 2 is 1.79 bits per heavy atom. The summed E-state index contributed by atoms with van der Waals surface area (Å²) in [5.74, 6) is 0. The summed E-state index contributed by atoms with van der Waals surface area (Å²) in [7, 11) is 0. The summed E-state index contributed by atoms with van der Waals surface area (Å²) in [6.45, 7) is 8.24. The molecule has 138 valence electrons. The number of carbonyl (C=O) groups excluding carboxylic acids is 1. The highest BCUT2D eigenvalue weighted by Gasteiger charge is 2.40. The van der Waals surface area contributed by atoms with Crippen LogP contribution < -0.4 is 5.32 Å². The normalized spacial score (nSPS) is 28.3. The third-order valence-corrected chi connectivity index (χ3v) is 5.63. The molecule has 3 aliphatic rings. The highest BCUT2D eigenvalue weighted by molar-refractivity contribution is 5.68. The monoisotopic (exact) mass is 338 g/mol. The second-order valence-corrected chi connectivity index (χ2v) is 8.84. The van der Waals surface area contributed by atoms with Gasteiger partial charge < -0.3 is 19.7 Å². The van der Waals surface area contributed by atoms with Crippen LogP contribution in [0.15, 0.2) is 0 Å². The van der Waals surface area contributed by atoms with Crippen LogP contribution in [0.2, 0.25) is 0 Å². The first kappa shape index (κ1) is 18.0. The predicted octanol–water partition coefficient (Wildman–Crippen LogP) is 3.47. The molecule has 5 heteroatoms. The van der Waals surface area contributed by atoms with Gasteiger partial charge in [-0.2, -0.15) is 0 Å². The molecule has 1 atom stereocenters. The van der Waals surface area contributed by atoms with E-state index in [0.29, 0.717) is 12.1 Å². The van der Waals surface area contributed by atoms with Crippen LogP contribution in [0.4, 0.5) is 4.79 Å². The van der Waals surface area contributed by atoms with Crippen LogP contribution in [0.5, 0.6) is 0 Å². The molecule has 2 heterocycles. The molecular weight excluding hydrogens is 304 g/mol. The van der Waals surface area contributed by atoms with E-state index in [1.807, 2.05) is 25.7 Å². The lowest BCUT2D eigenvalue weighted by molar-refractivity contribution is -0.0853. The van der Waals surface area contributed by atoms with Gasteiger partial charge in [-0.3, -0.25) is 0 Å². The summed E-state index contributed by atoms with van der Waals surface area (Å²) >= 11 is 0. The Hall–Kier alpha value is -0.810. The molecule has 2 saturated heterocycles. The van der Waals surface area contributed by atoms with E-state index in [4.69, 9.17) is 9.47 Å². The molecule has 0 bridgehead atoms. The lowest BCUT2D eigenvalue weighted by atomic mass is 9.88. The first-order valence-electron chi connectivity index (χ1n) is 9.73. The maximum Gasteiger partial charge on any atom is 0.410 e. The van der Waals surface area contributed by atoms with Gasteiger partial charge in [-0.15, -0.1) is 0 Å². The van der Waals surface area contributed by atoms with Crippen LogP contribution in [-0.4, -0.2) is 54.0 Å². The van der Waals surface area contributed by atoms with E-state index in [1.54, 1.807) is 0 Å². The zero-order chi connectivity index (χ0) is 17.2. The van der Waals surface area contributed by atoms with Crippen molar-refractivity contribution in [3.05, 3.63) is 0 Å². The Kier molecular flexibility index (Phi) is 5.40. The zero-order valence-corrected chi connectivity index (χ0v) is 15.6. The summed E-state index contributed by atoms with van der Waals surface area (Å²) in [5.41, 5.74) is -0.239. The fourth-order valence-corrected chi connectivity index (χ4v) is 4.43. The van der Waals surface area contributed by atoms with Crippen LogP contribution in [0, 0.1) is 0 Å².